The maximum atomic E-state index is 3.24. The number of nitrogens with one attached hydrogen (secondary N) is 1. The van der Waals surface area contributed by atoms with E-state index in [-0.39, 0.29) is 0 Å². The molecule has 0 amide bonds. The van der Waals surface area contributed by atoms with E-state index in [0.717, 1.165) is 20.0 Å². The Balaban J connectivity index is 2.23. The van der Waals surface area contributed by atoms with Gasteiger partial charge in [0.1, 0.15) is 0 Å². The van der Waals surface area contributed by atoms with Gasteiger partial charge in [-0.2, -0.15) is 0 Å². The van der Waals surface area contributed by atoms with Crippen LogP contribution in [-0.4, -0.2) is 43.9 Å². The van der Waals surface area contributed by atoms with Crippen molar-refractivity contribution >= 4 is 0 Å². The molecule has 0 aromatic rings. The zero-order valence-electron chi connectivity index (χ0n) is 5.52. The summed E-state index contributed by atoms with van der Waals surface area (Å²) in [5.41, 5.74) is 0. The zero-order valence-corrected chi connectivity index (χ0v) is 5.52. The van der Waals surface area contributed by atoms with Gasteiger partial charge in [0.15, 0.2) is 0 Å². The molecule has 0 saturated carbocycles. The molecule has 1 fully saturated rings. The highest BCUT2D eigenvalue weighted by Crippen LogP contribution is 1.89. The maximum Gasteiger partial charge on any atom is 0.0523 e. The largest absolute Gasteiger partial charge is 0.291 e. The predicted octanol–water partition coefficient (Wildman–Crippen LogP) is -0.674. The van der Waals surface area contributed by atoms with Gasteiger partial charge in [-0.05, 0) is 14.1 Å². The highest BCUT2D eigenvalue weighted by Gasteiger charge is 2.06. The Morgan fingerprint density at radius 1 is 1.12 bits per heavy atom. The van der Waals surface area contributed by atoms with Gasteiger partial charge in [-0.3, -0.25) is 15.1 Å². The number of rotatable bonds is 0. The smallest absolute Gasteiger partial charge is 0.0523 e. The third-order valence-electron chi connectivity index (χ3n) is 1.25. The van der Waals surface area contributed by atoms with Gasteiger partial charge in [0.25, 0.3) is 0 Å². The Hall–Kier alpha value is -0.120. The van der Waals surface area contributed by atoms with E-state index < -0.39 is 0 Å². The van der Waals surface area contributed by atoms with E-state index >= 15 is 0 Å². The average Bonchev–Trinajstić information content (AvgIpc) is 1.64. The van der Waals surface area contributed by atoms with Crippen molar-refractivity contribution in [1.82, 2.24) is 15.1 Å². The van der Waals surface area contributed by atoms with Crippen LogP contribution in [0.1, 0.15) is 0 Å². The first-order valence-corrected chi connectivity index (χ1v) is 2.87. The fourth-order valence-electron chi connectivity index (χ4n) is 0.944. The molecule has 0 aliphatic carbocycles. The van der Waals surface area contributed by atoms with Crippen molar-refractivity contribution in [3.05, 3.63) is 0 Å². The normalized spacial score (nSPS) is 26.2. The summed E-state index contributed by atoms with van der Waals surface area (Å²) in [6.07, 6.45) is 0. The van der Waals surface area contributed by atoms with E-state index in [0.29, 0.717) is 0 Å². The van der Waals surface area contributed by atoms with Crippen LogP contribution in [0.25, 0.3) is 0 Å². The van der Waals surface area contributed by atoms with E-state index in [2.05, 4.69) is 29.2 Å². The first kappa shape index (κ1) is 6.01. The van der Waals surface area contributed by atoms with Crippen LogP contribution >= 0.6 is 0 Å². The number of hydrogen-bond donors (Lipinski definition) is 1. The Morgan fingerprint density at radius 3 is 1.88 bits per heavy atom. The van der Waals surface area contributed by atoms with Gasteiger partial charge in [0.05, 0.1) is 6.67 Å². The Morgan fingerprint density at radius 2 is 1.62 bits per heavy atom. The lowest BCUT2D eigenvalue weighted by Gasteiger charge is -2.30. The maximum absolute atomic E-state index is 3.24. The standard InChI is InChI=1S/C5H13N3/c1-7-3-6-4-8(2)5-7/h6H,3-5H2,1-2H3. The van der Waals surface area contributed by atoms with Crippen LogP contribution in [0.15, 0.2) is 0 Å². The molecule has 0 radical (unpaired) electrons. The molecule has 0 bridgehead atoms. The van der Waals surface area contributed by atoms with Crippen molar-refractivity contribution in [2.75, 3.05) is 34.1 Å². The van der Waals surface area contributed by atoms with Gasteiger partial charge >= 0.3 is 0 Å². The van der Waals surface area contributed by atoms with Crippen LogP contribution in [0, 0.1) is 0 Å². The highest BCUT2D eigenvalue weighted by molar-refractivity contribution is 4.56. The van der Waals surface area contributed by atoms with Crippen molar-refractivity contribution in [2.45, 2.75) is 0 Å². The first-order valence-electron chi connectivity index (χ1n) is 2.87. The fraction of sp³-hybridized carbons (Fsp3) is 1.00. The van der Waals surface area contributed by atoms with Crippen LogP contribution in [0.4, 0.5) is 0 Å². The van der Waals surface area contributed by atoms with Crippen LogP contribution in [0.2, 0.25) is 0 Å². The predicted molar refractivity (Wildman–Crippen MR) is 33.3 cm³/mol. The Kier molecular flexibility index (Phi) is 1.83. The van der Waals surface area contributed by atoms with Crippen LogP contribution in [0.5, 0.6) is 0 Å². The summed E-state index contributed by atoms with van der Waals surface area (Å²) in [4.78, 5) is 4.45. The second kappa shape index (κ2) is 2.44. The van der Waals surface area contributed by atoms with E-state index in [4.69, 9.17) is 0 Å². The van der Waals surface area contributed by atoms with Gasteiger partial charge in [0, 0.05) is 13.3 Å². The van der Waals surface area contributed by atoms with Gasteiger partial charge in [-0.1, -0.05) is 0 Å². The number of hydrogen-bond acceptors (Lipinski definition) is 3. The molecule has 1 heterocycles. The van der Waals surface area contributed by atoms with Gasteiger partial charge in [-0.25, -0.2) is 0 Å². The molecule has 1 N–H and O–H groups in total. The topological polar surface area (TPSA) is 18.5 Å². The summed E-state index contributed by atoms with van der Waals surface area (Å²) in [6, 6.07) is 0. The van der Waals surface area contributed by atoms with Crippen molar-refractivity contribution in [2.24, 2.45) is 0 Å². The SMILES string of the molecule is CN1CNCN(C)C1. The van der Waals surface area contributed by atoms with E-state index in [1.54, 1.807) is 0 Å². The molecule has 0 unspecified atom stereocenters. The van der Waals surface area contributed by atoms with Gasteiger partial charge < -0.3 is 0 Å². The minimum Gasteiger partial charge on any atom is -0.291 e. The molecule has 0 atom stereocenters. The molecule has 48 valence electrons. The lowest BCUT2D eigenvalue weighted by atomic mass is 10.6. The molecule has 1 saturated heterocycles. The minimum atomic E-state index is 1.02. The van der Waals surface area contributed by atoms with Crippen molar-refractivity contribution < 1.29 is 0 Å². The monoisotopic (exact) mass is 115 g/mol. The summed E-state index contributed by atoms with van der Waals surface area (Å²) in [6.45, 7) is 3.11. The molecule has 0 spiro atoms. The molecule has 0 aromatic carbocycles. The van der Waals surface area contributed by atoms with Crippen molar-refractivity contribution in [1.29, 1.82) is 0 Å². The highest BCUT2D eigenvalue weighted by atomic mass is 15.4. The molecule has 1 aliphatic heterocycles. The second-order valence-electron chi connectivity index (χ2n) is 2.42. The Bertz CT molecular complexity index is 66.1. The van der Waals surface area contributed by atoms with Crippen LogP contribution < -0.4 is 5.32 Å². The molecular weight excluding hydrogens is 102 g/mol. The lowest BCUT2D eigenvalue weighted by Crippen LogP contribution is -2.49. The van der Waals surface area contributed by atoms with Crippen LogP contribution in [-0.2, 0) is 0 Å². The summed E-state index contributed by atoms with van der Waals surface area (Å²) in [7, 11) is 4.20. The molecule has 1 aliphatic rings. The molecule has 8 heavy (non-hydrogen) atoms. The first-order chi connectivity index (χ1) is 3.79. The number of nitrogens with zero attached hydrogens (tertiary/aromatic N) is 2. The van der Waals surface area contributed by atoms with E-state index in [1.807, 2.05) is 0 Å². The Labute approximate surface area is 50.3 Å². The quantitative estimate of drug-likeness (QED) is 0.451. The van der Waals surface area contributed by atoms with E-state index in [9.17, 15) is 0 Å². The van der Waals surface area contributed by atoms with Gasteiger partial charge in [0.2, 0.25) is 0 Å². The average molecular weight is 115 g/mol. The molecule has 3 nitrogen and oxygen atoms in total. The van der Waals surface area contributed by atoms with Crippen LogP contribution in [0.3, 0.4) is 0 Å². The summed E-state index contributed by atoms with van der Waals surface area (Å²) in [5.74, 6) is 0. The molecule has 0 aromatic heterocycles. The van der Waals surface area contributed by atoms with Gasteiger partial charge in [-0.15, -0.1) is 0 Å². The van der Waals surface area contributed by atoms with Crippen molar-refractivity contribution in [3.63, 3.8) is 0 Å². The van der Waals surface area contributed by atoms with Crippen molar-refractivity contribution in [3.8, 4) is 0 Å². The molecule has 1 rings (SSSR count). The third-order valence-corrected chi connectivity index (χ3v) is 1.25. The summed E-state index contributed by atoms with van der Waals surface area (Å²) >= 11 is 0. The minimum absolute atomic E-state index is 1.02. The molecule has 3 heteroatoms. The fourth-order valence-corrected chi connectivity index (χ4v) is 0.944. The summed E-state index contributed by atoms with van der Waals surface area (Å²) < 4.78 is 0. The molecular formula is C5H13N3. The summed E-state index contributed by atoms with van der Waals surface area (Å²) in [5, 5.41) is 3.24. The van der Waals surface area contributed by atoms with E-state index in [1.165, 1.54) is 0 Å². The lowest BCUT2D eigenvalue weighted by molar-refractivity contribution is 0.109. The second-order valence-corrected chi connectivity index (χ2v) is 2.42. The third kappa shape index (κ3) is 1.43. The zero-order chi connectivity index (χ0) is 5.98.